The lowest BCUT2D eigenvalue weighted by Gasteiger charge is -2.22. The first-order valence-corrected chi connectivity index (χ1v) is 9.34. The molecule has 1 saturated heterocycles. The lowest BCUT2D eigenvalue weighted by atomic mass is 10.1. The number of carbonyl (C=O) groups is 1. The molecule has 0 radical (unpaired) electrons. The predicted molar refractivity (Wildman–Crippen MR) is 96.6 cm³/mol. The van der Waals surface area contributed by atoms with Crippen LogP contribution in [0.3, 0.4) is 0 Å². The number of carbonyl (C=O) groups excluding carboxylic acids is 1. The molecule has 1 aliphatic rings. The molecule has 1 heterocycles. The third-order valence-electron chi connectivity index (χ3n) is 3.76. The molecule has 1 fully saturated rings. The van der Waals surface area contributed by atoms with Crippen LogP contribution in [0.15, 0.2) is 12.1 Å². The maximum absolute atomic E-state index is 12.7. The SMILES string of the molecule is COc1cc(N)c(Cl)cc1C(=O)N1CCCN(S(C)(=O)=O)CC1.Cl. The van der Waals surface area contributed by atoms with Crippen molar-refractivity contribution in [3.63, 3.8) is 0 Å². The number of nitrogens with zero attached hydrogens (tertiary/aromatic N) is 2. The van der Waals surface area contributed by atoms with Crippen LogP contribution in [0.25, 0.3) is 0 Å². The number of methoxy groups -OCH3 is 1. The Balaban J connectivity index is 0.00000288. The van der Waals surface area contributed by atoms with Gasteiger partial charge in [-0.1, -0.05) is 11.6 Å². The second kappa shape index (κ2) is 8.24. The lowest BCUT2D eigenvalue weighted by Crippen LogP contribution is -2.37. The lowest BCUT2D eigenvalue weighted by molar-refractivity contribution is 0.0761. The van der Waals surface area contributed by atoms with E-state index < -0.39 is 10.0 Å². The number of halogens is 2. The molecule has 1 aromatic rings. The number of nitrogens with two attached hydrogens (primary N) is 1. The van der Waals surface area contributed by atoms with Gasteiger partial charge in [-0.25, -0.2) is 12.7 Å². The summed E-state index contributed by atoms with van der Waals surface area (Å²) in [5.74, 6) is 0.0974. The second-order valence-electron chi connectivity index (χ2n) is 5.38. The molecule has 2 N–H and O–H groups in total. The van der Waals surface area contributed by atoms with Crippen molar-refractivity contribution in [1.29, 1.82) is 0 Å². The molecule has 0 atom stereocenters. The monoisotopic (exact) mass is 397 g/mol. The Hall–Kier alpha value is -1.22. The van der Waals surface area contributed by atoms with E-state index in [-0.39, 0.29) is 29.9 Å². The average molecular weight is 398 g/mol. The highest BCUT2D eigenvalue weighted by Gasteiger charge is 2.26. The Morgan fingerprint density at radius 2 is 1.92 bits per heavy atom. The van der Waals surface area contributed by atoms with Crippen molar-refractivity contribution in [3.8, 4) is 5.75 Å². The largest absolute Gasteiger partial charge is 0.496 e. The fourth-order valence-electron chi connectivity index (χ4n) is 2.50. The van der Waals surface area contributed by atoms with Gasteiger partial charge in [0.05, 0.1) is 29.6 Å². The molecule has 1 aliphatic heterocycles. The van der Waals surface area contributed by atoms with Gasteiger partial charge < -0.3 is 15.4 Å². The Labute approximate surface area is 153 Å². The molecule has 1 amide bonds. The van der Waals surface area contributed by atoms with Gasteiger partial charge in [-0.3, -0.25) is 4.79 Å². The quantitative estimate of drug-likeness (QED) is 0.779. The molecule has 24 heavy (non-hydrogen) atoms. The van der Waals surface area contributed by atoms with Crippen LogP contribution in [-0.2, 0) is 10.0 Å². The molecule has 0 aromatic heterocycles. The summed E-state index contributed by atoms with van der Waals surface area (Å²) < 4.78 is 29.9. The number of sulfonamides is 1. The zero-order valence-corrected chi connectivity index (χ0v) is 15.9. The van der Waals surface area contributed by atoms with Crippen molar-refractivity contribution < 1.29 is 17.9 Å². The van der Waals surface area contributed by atoms with Gasteiger partial charge in [0, 0.05) is 32.2 Å². The fraction of sp³-hybridized carbons (Fsp3) is 0.500. The number of rotatable bonds is 3. The highest BCUT2D eigenvalue weighted by Crippen LogP contribution is 2.30. The minimum atomic E-state index is -3.26. The highest BCUT2D eigenvalue weighted by atomic mass is 35.5. The van der Waals surface area contributed by atoms with E-state index in [1.165, 1.54) is 29.8 Å². The van der Waals surface area contributed by atoms with Crippen molar-refractivity contribution in [1.82, 2.24) is 9.21 Å². The molecule has 0 spiro atoms. The number of nitrogen functional groups attached to an aromatic ring is 1. The molecule has 0 unspecified atom stereocenters. The molecular weight excluding hydrogens is 377 g/mol. The van der Waals surface area contributed by atoms with Gasteiger partial charge in [-0.05, 0) is 12.5 Å². The topological polar surface area (TPSA) is 92.9 Å². The van der Waals surface area contributed by atoms with Gasteiger partial charge in [0.25, 0.3) is 5.91 Å². The number of hydrogen-bond acceptors (Lipinski definition) is 5. The van der Waals surface area contributed by atoms with Crippen LogP contribution in [0.4, 0.5) is 5.69 Å². The summed E-state index contributed by atoms with van der Waals surface area (Å²) in [4.78, 5) is 14.3. The summed E-state index contributed by atoms with van der Waals surface area (Å²) in [7, 11) is -1.80. The number of ether oxygens (including phenoxy) is 1. The molecule has 2 rings (SSSR count). The van der Waals surface area contributed by atoms with Crippen molar-refractivity contribution in [2.45, 2.75) is 6.42 Å². The molecule has 7 nitrogen and oxygen atoms in total. The van der Waals surface area contributed by atoms with E-state index in [1.54, 1.807) is 4.90 Å². The normalized spacial score (nSPS) is 16.2. The van der Waals surface area contributed by atoms with E-state index in [1.807, 2.05) is 0 Å². The van der Waals surface area contributed by atoms with Crippen LogP contribution in [0.5, 0.6) is 5.75 Å². The number of benzene rings is 1. The Bertz CT molecular complexity index is 712. The maximum Gasteiger partial charge on any atom is 0.257 e. The smallest absolute Gasteiger partial charge is 0.257 e. The van der Waals surface area contributed by atoms with Gasteiger partial charge in [-0.15, -0.1) is 12.4 Å². The van der Waals surface area contributed by atoms with Crippen molar-refractivity contribution in [2.24, 2.45) is 0 Å². The maximum atomic E-state index is 12.7. The van der Waals surface area contributed by atoms with Crippen LogP contribution in [0.1, 0.15) is 16.8 Å². The Kier molecular flexibility index (Phi) is 7.15. The van der Waals surface area contributed by atoms with Crippen LogP contribution in [0.2, 0.25) is 5.02 Å². The molecule has 136 valence electrons. The van der Waals surface area contributed by atoms with Gasteiger partial charge in [0.15, 0.2) is 0 Å². The summed E-state index contributed by atoms with van der Waals surface area (Å²) in [6.45, 7) is 1.46. The zero-order valence-electron chi connectivity index (χ0n) is 13.5. The van der Waals surface area contributed by atoms with E-state index in [0.29, 0.717) is 43.1 Å². The van der Waals surface area contributed by atoms with Crippen molar-refractivity contribution in [2.75, 3.05) is 45.3 Å². The molecule has 10 heteroatoms. The third kappa shape index (κ3) is 4.66. The predicted octanol–water partition coefficient (Wildman–Crippen LogP) is 1.46. The standard InChI is InChI=1S/C14H20ClN3O4S.ClH/c1-22-13-9-12(16)11(15)8-10(13)14(19)17-4-3-5-18(7-6-17)23(2,20)21;/h8-9H,3-7,16H2,1-2H3;1H. The first kappa shape index (κ1) is 20.8. The zero-order chi connectivity index (χ0) is 17.2. The van der Waals surface area contributed by atoms with E-state index in [0.717, 1.165) is 0 Å². The van der Waals surface area contributed by atoms with E-state index in [2.05, 4.69) is 0 Å². The van der Waals surface area contributed by atoms with Crippen molar-refractivity contribution in [3.05, 3.63) is 22.7 Å². The van der Waals surface area contributed by atoms with Gasteiger partial charge >= 0.3 is 0 Å². The molecule has 0 bridgehead atoms. The summed E-state index contributed by atoms with van der Waals surface area (Å²) in [5, 5.41) is 0.279. The van der Waals surface area contributed by atoms with Crippen LogP contribution in [-0.4, -0.2) is 63.1 Å². The van der Waals surface area contributed by atoms with Crippen LogP contribution < -0.4 is 10.5 Å². The summed E-state index contributed by atoms with van der Waals surface area (Å²) in [6.07, 6.45) is 1.75. The van der Waals surface area contributed by atoms with E-state index in [9.17, 15) is 13.2 Å². The summed E-state index contributed by atoms with van der Waals surface area (Å²) >= 11 is 6.00. The average Bonchev–Trinajstić information content (AvgIpc) is 2.74. The minimum absolute atomic E-state index is 0. The Morgan fingerprint density at radius 3 is 2.50 bits per heavy atom. The first-order valence-electron chi connectivity index (χ1n) is 7.11. The van der Waals surface area contributed by atoms with E-state index >= 15 is 0 Å². The number of anilines is 1. The van der Waals surface area contributed by atoms with E-state index in [4.69, 9.17) is 22.1 Å². The first-order chi connectivity index (χ1) is 10.7. The Morgan fingerprint density at radius 1 is 1.25 bits per heavy atom. The number of hydrogen-bond donors (Lipinski definition) is 1. The molecule has 0 saturated carbocycles. The molecule has 1 aromatic carbocycles. The summed E-state index contributed by atoms with van der Waals surface area (Å²) in [5.41, 5.74) is 6.38. The minimum Gasteiger partial charge on any atom is -0.496 e. The van der Waals surface area contributed by atoms with Crippen LogP contribution >= 0.6 is 24.0 Å². The fourth-order valence-corrected chi connectivity index (χ4v) is 3.54. The van der Waals surface area contributed by atoms with Gasteiger partial charge in [0.1, 0.15) is 5.75 Å². The van der Waals surface area contributed by atoms with Crippen LogP contribution in [0, 0.1) is 0 Å². The summed E-state index contributed by atoms with van der Waals surface area (Å²) in [6, 6.07) is 2.99. The second-order valence-corrected chi connectivity index (χ2v) is 7.77. The highest BCUT2D eigenvalue weighted by molar-refractivity contribution is 7.88. The molecular formula is C14H21Cl2N3O4S. The third-order valence-corrected chi connectivity index (χ3v) is 5.39. The molecule has 0 aliphatic carbocycles. The van der Waals surface area contributed by atoms with Gasteiger partial charge in [-0.2, -0.15) is 0 Å². The number of amides is 1. The van der Waals surface area contributed by atoms with Crippen molar-refractivity contribution >= 4 is 45.6 Å². The van der Waals surface area contributed by atoms with Gasteiger partial charge in [0.2, 0.25) is 10.0 Å².